The number of rotatable bonds is 61. The maximum atomic E-state index is 12.9. The minimum Gasteiger partial charge on any atom is -0.545 e. The first-order chi connectivity index (χ1) is 36.1. The van der Waals surface area contributed by atoms with Crippen molar-refractivity contribution < 1.29 is 42.9 Å². The summed E-state index contributed by atoms with van der Waals surface area (Å²) in [4.78, 5) is 37.3. The lowest BCUT2D eigenvalue weighted by Crippen LogP contribution is -2.44. The van der Waals surface area contributed by atoms with E-state index in [0.717, 1.165) is 44.9 Å². The van der Waals surface area contributed by atoms with Crippen molar-refractivity contribution in [3.63, 3.8) is 0 Å². The van der Waals surface area contributed by atoms with E-state index in [4.69, 9.17) is 18.9 Å². The summed E-state index contributed by atoms with van der Waals surface area (Å²) in [6, 6.07) is 0. The molecule has 0 aliphatic carbocycles. The van der Waals surface area contributed by atoms with E-state index in [-0.39, 0.29) is 32.2 Å². The Kier molecular flexibility index (Phi) is 55.7. The zero-order chi connectivity index (χ0) is 54.1. The summed E-state index contributed by atoms with van der Waals surface area (Å²) in [5.41, 5.74) is 0. The van der Waals surface area contributed by atoms with Crippen LogP contribution in [0.3, 0.4) is 0 Å². The summed E-state index contributed by atoms with van der Waals surface area (Å²) in [7, 11) is 5.93. The lowest BCUT2D eigenvalue weighted by Gasteiger charge is -2.26. The van der Waals surface area contributed by atoms with Gasteiger partial charge in [0.15, 0.2) is 12.4 Å². The average Bonchev–Trinajstić information content (AvgIpc) is 3.37. The highest BCUT2D eigenvalue weighted by molar-refractivity contribution is 5.70. The molecule has 2 atom stereocenters. The summed E-state index contributed by atoms with van der Waals surface area (Å²) < 4.78 is 22.7. The quantitative estimate of drug-likeness (QED) is 0.0195. The third kappa shape index (κ3) is 57.7. The van der Waals surface area contributed by atoms with E-state index in [2.05, 4.69) is 26.0 Å². The number of esters is 2. The Balaban J connectivity index is 4.02. The second-order valence-electron chi connectivity index (χ2n) is 23.4. The fourth-order valence-corrected chi connectivity index (χ4v) is 9.77. The van der Waals surface area contributed by atoms with Crippen molar-refractivity contribution in [2.24, 2.45) is 0 Å². The van der Waals surface area contributed by atoms with Crippen molar-refractivity contribution in [3.05, 3.63) is 12.2 Å². The van der Waals surface area contributed by atoms with E-state index < -0.39 is 24.3 Å². The molecule has 9 nitrogen and oxygen atoms in total. The number of carboxylic acids is 1. The second-order valence-corrected chi connectivity index (χ2v) is 23.4. The van der Waals surface area contributed by atoms with Gasteiger partial charge in [0, 0.05) is 12.8 Å². The Morgan fingerprint density at radius 2 is 0.689 bits per heavy atom. The molecule has 0 spiro atoms. The molecule has 0 heterocycles. The first-order valence-corrected chi connectivity index (χ1v) is 32.3. The van der Waals surface area contributed by atoms with Gasteiger partial charge in [-0.2, -0.15) is 0 Å². The van der Waals surface area contributed by atoms with Gasteiger partial charge in [-0.05, 0) is 38.5 Å². The number of hydrogen-bond acceptors (Lipinski definition) is 8. The van der Waals surface area contributed by atoms with Crippen LogP contribution in [-0.4, -0.2) is 82.3 Å². The van der Waals surface area contributed by atoms with Crippen LogP contribution in [0, 0.1) is 0 Å². The van der Waals surface area contributed by atoms with Gasteiger partial charge < -0.3 is 33.3 Å². The molecule has 0 radical (unpaired) electrons. The number of nitrogens with zero attached hydrogens (tertiary/aromatic N) is 1. The highest BCUT2D eigenvalue weighted by Gasteiger charge is 2.22. The maximum absolute atomic E-state index is 12.9. The number of carboxylic acid groups (broad SMARTS) is 1. The van der Waals surface area contributed by atoms with Gasteiger partial charge in [-0.25, -0.2) is 0 Å². The molecular formula is C65H125NO8. The standard InChI is InChI=1S/C65H125NO8/c1-6-8-10-12-14-16-18-20-22-24-25-26-27-28-29-30-31-32-33-34-35-36-37-38-40-41-43-45-47-49-51-53-55-62(67)72-59-61(60-73-65(64(69)70)71-58-57-66(3,4)5)74-63(68)56-54-52-50-48-46-44-42-39-23-21-19-17-15-13-11-9-7-2/h21,23,61,65H,6-20,22,24-60H2,1-5H3/b23-21-. The molecule has 0 amide bonds. The highest BCUT2D eigenvalue weighted by Crippen LogP contribution is 2.18. The van der Waals surface area contributed by atoms with Crippen LogP contribution < -0.4 is 5.11 Å². The van der Waals surface area contributed by atoms with Gasteiger partial charge in [0.2, 0.25) is 0 Å². The van der Waals surface area contributed by atoms with Crippen LogP contribution in [0.25, 0.3) is 0 Å². The van der Waals surface area contributed by atoms with Crippen molar-refractivity contribution in [1.82, 2.24) is 0 Å². The Bertz CT molecular complexity index is 1220. The number of ether oxygens (including phenoxy) is 4. The number of carbonyl (C=O) groups excluding carboxylic acids is 3. The van der Waals surface area contributed by atoms with Crippen molar-refractivity contribution in [2.75, 3.05) is 47.5 Å². The van der Waals surface area contributed by atoms with E-state index in [1.807, 2.05) is 21.1 Å². The second kappa shape index (κ2) is 57.2. The van der Waals surface area contributed by atoms with Gasteiger partial charge in [-0.15, -0.1) is 0 Å². The molecule has 0 fully saturated rings. The van der Waals surface area contributed by atoms with Crippen molar-refractivity contribution in [3.8, 4) is 0 Å². The van der Waals surface area contributed by atoms with Crippen LogP contribution in [0.4, 0.5) is 0 Å². The van der Waals surface area contributed by atoms with Crippen LogP contribution in [-0.2, 0) is 33.3 Å². The number of allylic oxidation sites excluding steroid dienone is 2. The Morgan fingerprint density at radius 1 is 0.392 bits per heavy atom. The number of aliphatic carboxylic acids is 1. The monoisotopic (exact) mass is 1050 g/mol. The molecular weight excluding hydrogens is 923 g/mol. The molecule has 0 aromatic carbocycles. The van der Waals surface area contributed by atoms with Crippen LogP contribution >= 0.6 is 0 Å². The molecule has 0 aromatic heterocycles. The van der Waals surface area contributed by atoms with Crippen LogP contribution in [0.15, 0.2) is 12.2 Å². The molecule has 0 rings (SSSR count). The largest absolute Gasteiger partial charge is 0.545 e. The predicted octanol–water partition coefficient (Wildman–Crippen LogP) is 18.0. The predicted molar refractivity (Wildman–Crippen MR) is 311 cm³/mol. The van der Waals surface area contributed by atoms with Crippen LogP contribution in [0.1, 0.15) is 328 Å². The first kappa shape index (κ1) is 72.0. The molecule has 9 heteroatoms. The molecule has 0 N–H and O–H groups in total. The summed E-state index contributed by atoms with van der Waals surface area (Å²) in [5, 5.41) is 11.8. The fourth-order valence-electron chi connectivity index (χ4n) is 9.77. The van der Waals surface area contributed by atoms with Crippen molar-refractivity contribution in [1.29, 1.82) is 0 Å². The third-order valence-corrected chi connectivity index (χ3v) is 14.8. The van der Waals surface area contributed by atoms with E-state index >= 15 is 0 Å². The summed E-state index contributed by atoms with van der Waals surface area (Å²) >= 11 is 0. The number of quaternary nitrogens is 1. The minimum absolute atomic E-state index is 0.150. The fraction of sp³-hybridized carbons (Fsp3) is 0.923. The normalized spacial score (nSPS) is 12.7. The van der Waals surface area contributed by atoms with Gasteiger partial charge in [0.25, 0.3) is 0 Å². The molecule has 74 heavy (non-hydrogen) atoms. The smallest absolute Gasteiger partial charge is 0.306 e. The summed E-state index contributed by atoms with van der Waals surface area (Å²) in [6.45, 7) is 4.80. The molecule has 0 aliphatic heterocycles. The Labute approximate surface area is 459 Å². The number of unbranched alkanes of at least 4 members (excludes halogenated alkanes) is 44. The highest BCUT2D eigenvalue weighted by atomic mass is 16.7. The van der Waals surface area contributed by atoms with Crippen molar-refractivity contribution in [2.45, 2.75) is 341 Å². The third-order valence-electron chi connectivity index (χ3n) is 14.8. The topological polar surface area (TPSA) is 111 Å². The van der Waals surface area contributed by atoms with Gasteiger partial charge in [0.1, 0.15) is 13.2 Å². The van der Waals surface area contributed by atoms with Crippen LogP contribution in [0.5, 0.6) is 0 Å². The molecule has 0 saturated heterocycles. The minimum atomic E-state index is -1.62. The lowest BCUT2D eigenvalue weighted by atomic mass is 10.0. The van der Waals surface area contributed by atoms with E-state index in [9.17, 15) is 19.5 Å². The van der Waals surface area contributed by atoms with Crippen molar-refractivity contribution >= 4 is 17.9 Å². The zero-order valence-electron chi connectivity index (χ0n) is 50.0. The summed E-state index contributed by atoms with van der Waals surface area (Å²) in [5.74, 6) is -2.26. The molecule has 0 bridgehead atoms. The Hall–Kier alpha value is -1.97. The maximum Gasteiger partial charge on any atom is 0.306 e. The summed E-state index contributed by atoms with van der Waals surface area (Å²) in [6.07, 6.45) is 64.4. The zero-order valence-corrected chi connectivity index (χ0v) is 50.0. The van der Waals surface area contributed by atoms with Crippen LogP contribution in [0.2, 0.25) is 0 Å². The molecule has 0 saturated carbocycles. The first-order valence-electron chi connectivity index (χ1n) is 32.3. The number of likely N-dealkylation sites (N-methyl/N-ethyl adjacent to an activating group) is 1. The Morgan fingerprint density at radius 3 is 1.00 bits per heavy atom. The SMILES string of the molecule is CCCCCCCC/C=C\CCCCCCCCCC(=O)OC(COC(=O)CCCCCCCCCCCCCCCCCCCCCCCCCCCCCCCCCC)COC(OCC[N+](C)(C)C)C(=O)[O-]. The molecule has 2 unspecified atom stereocenters. The van der Waals surface area contributed by atoms with E-state index in [1.165, 1.54) is 250 Å². The molecule has 0 aliphatic rings. The van der Waals surface area contributed by atoms with E-state index in [1.54, 1.807) is 0 Å². The lowest BCUT2D eigenvalue weighted by molar-refractivity contribution is -0.870. The van der Waals surface area contributed by atoms with Gasteiger partial charge in [0.05, 0.1) is 40.3 Å². The van der Waals surface area contributed by atoms with Gasteiger partial charge in [-0.3, -0.25) is 9.59 Å². The van der Waals surface area contributed by atoms with Gasteiger partial charge >= 0.3 is 11.9 Å². The number of hydrogen-bond donors (Lipinski definition) is 0. The molecule has 0 aromatic rings. The number of carbonyl (C=O) groups is 3. The average molecular weight is 1050 g/mol. The van der Waals surface area contributed by atoms with E-state index in [0.29, 0.717) is 23.9 Å². The van der Waals surface area contributed by atoms with Gasteiger partial charge in [-0.1, -0.05) is 289 Å². The molecule has 438 valence electrons.